The third-order valence-corrected chi connectivity index (χ3v) is 4.40. The highest BCUT2D eigenvalue weighted by atomic mass is 16.3. The fraction of sp³-hybridized carbons (Fsp3) is 1.00. The minimum Gasteiger partial charge on any atom is -0.393 e. The number of aliphatic hydroxyl groups excluding tert-OH is 1. The Balaban J connectivity index is 1.93. The zero-order chi connectivity index (χ0) is 7.42. The predicted molar refractivity (Wildman–Crippen MR) is 43.1 cm³/mol. The molecule has 5 rings (SSSR count). The average molecular weight is 152 g/mol. The van der Waals surface area contributed by atoms with Crippen molar-refractivity contribution in [2.45, 2.75) is 38.2 Å². The molecule has 62 valence electrons. The van der Waals surface area contributed by atoms with Crippen LogP contribution in [0.5, 0.6) is 0 Å². The molecular formula is C10H16O. The van der Waals surface area contributed by atoms with Crippen LogP contribution in [0.3, 0.4) is 0 Å². The fourth-order valence-electron chi connectivity index (χ4n) is 3.85. The number of rotatable bonds is 0. The van der Waals surface area contributed by atoms with Gasteiger partial charge in [-0.3, -0.25) is 0 Å². The Hall–Kier alpha value is -0.0400. The van der Waals surface area contributed by atoms with Gasteiger partial charge in [-0.1, -0.05) is 0 Å². The molecule has 5 fully saturated rings. The lowest BCUT2D eigenvalue weighted by molar-refractivity contribution is -0.101. The summed E-state index contributed by atoms with van der Waals surface area (Å²) in [5.74, 6) is 3.54. The van der Waals surface area contributed by atoms with E-state index in [1.54, 1.807) is 0 Å². The van der Waals surface area contributed by atoms with Crippen molar-refractivity contribution in [3.05, 3.63) is 0 Å². The summed E-state index contributed by atoms with van der Waals surface area (Å²) in [6.07, 6.45) is 6.91. The van der Waals surface area contributed by atoms with Crippen LogP contribution in [0.1, 0.15) is 32.1 Å². The van der Waals surface area contributed by atoms with Gasteiger partial charge >= 0.3 is 0 Å². The highest BCUT2D eigenvalue weighted by Crippen LogP contribution is 2.55. The molecule has 0 aliphatic heterocycles. The van der Waals surface area contributed by atoms with Crippen molar-refractivity contribution in [1.82, 2.24) is 0 Å². The lowest BCUT2D eigenvalue weighted by Gasteiger charge is -2.54. The first-order valence-corrected chi connectivity index (χ1v) is 5.02. The van der Waals surface area contributed by atoms with E-state index < -0.39 is 0 Å². The minimum absolute atomic E-state index is 0.0790. The van der Waals surface area contributed by atoms with Crippen LogP contribution < -0.4 is 0 Å². The number of fused-ring (bicyclic) bond motifs is 2. The van der Waals surface area contributed by atoms with Gasteiger partial charge < -0.3 is 5.11 Å². The van der Waals surface area contributed by atoms with E-state index in [0.29, 0.717) is 5.92 Å². The first kappa shape index (κ1) is 6.47. The zero-order valence-electron chi connectivity index (χ0n) is 6.87. The van der Waals surface area contributed by atoms with Gasteiger partial charge in [-0.05, 0) is 55.8 Å². The number of hydrogen-bond acceptors (Lipinski definition) is 1. The molecule has 0 saturated heterocycles. The molecule has 4 unspecified atom stereocenters. The van der Waals surface area contributed by atoms with Crippen molar-refractivity contribution in [3.63, 3.8) is 0 Å². The monoisotopic (exact) mass is 152 g/mol. The smallest absolute Gasteiger partial charge is 0.0573 e. The molecule has 5 aliphatic carbocycles. The third-order valence-electron chi connectivity index (χ3n) is 4.40. The Bertz CT molecular complexity index is 176. The van der Waals surface area contributed by atoms with E-state index in [2.05, 4.69) is 0 Å². The van der Waals surface area contributed by atoms with Crippen molar-refractivity contribution < 1.29 is 5.11 Å². The molecule has 0 amide bonds. The zero-order valence-corrected chi connectivity index (χ0v) is 6.87. The average Bonchev–Trinajstić information content (AvgIpc) is 2.05. The van der Waals surface area contributed by atoms with Crippen molar-refractivity contribution in [1.29, 1.82) is 0 Å². The van der Waals surface area contributed by atoms with E-state index in [4.69, 9.17) is 0 Å². The lowest BCUT2D eigenvalue weighted by Crippen LogP contribution is -2.49. The second-order valence-electron chi connectivity index (χ2n) is 4.80. The van der Waals surface area contributed by atoms with Crippen molar-refractivity contribution in [3.8, 4) is 0 Å². The first-order valence-electron chi connectivity index (χ1n) is 5.02. The maximum Gasteiger partial charge on any atom is 0.0573 e. The van der Waals surface area contributed by atoms with E-state index in [-0.39, 0.29) is 6.10 Å². The van der Waals surface area contributed by atoms with Crippen molar-refractivity contribution >= 4 is 0 Å². The largest absolute Gasteiger partial charge is 0.393 e. The van der Waals surface area contributed by atoms with Gasteiger partial charge in [-0.2, -0.15) is 0 Å². The van der Waals surface area contributed by atoms with Gasteiger partial charge in [0.2, 0.25) is 0 Å². The van der Waals surface area contributed by atoms with Crippen molar-refractivity contribution in [2.24, 2.45) is 23.7 Å². The van der Waals surface area contributed by atoms with Crippen molar-refractivity contribution in [2.75, 3.05) is 0 Å². The summed E-state index contributed by atoms with van der Waals surface area (Å²) in [7, 11) is 0. The van der Waals surface area contributed by atoms with Crippen LogP contribution >= 0.6 is 0 Å². The Kier molecular flexibility index (Phi) is 1.18. The third kappa shape index (κ3) is 0.752. The van der Waals surface area contributed by atoms with Crippen LogP contribution in [0.2, 0.25) is 0 Å². The summed E-state index contributed by atoms with van der Waals surface area (Å²) in [5.41, 5.74) is 0. The predicted octanol–water partition coefficient (Wildman–Crippen LogP) is 1.80. The van der Waals surface area contributed by atoms with Gasteiger partial charge in [0.05, 0.1) is 6.10 Å². The minimum atomic E-state index is 0.0790. The van der Waals surface area contributed by atoms with Crippen LogP contribution in [0.15, 0.2) is 0 Å². The van der Waals surface area contributed by atoms with Gasteiger partial charge in [0.1, 0.15) is 0 Å². The van der Waals surface area contributed by atoms with Crippen LogP contribution in [0.4, 0.5) is 0 Å². The molecule has 0 aromatic heterocycles. The molecule has 1 nitrogen and oxygen atoms in total. The van der Waals surface area contributed by atoms with E-state index in [1.165, 1.54) is 25.7 Å². The molecule has 1 N–H and O–H groups in total. The van der Waals surface area contributed by atoms with Gasteiger partial charge in [-0.15, -0.1) is 0 Å². The topological polar surface area (TPSA) is 20.2 Å². The molecule has 0 aromatic carbocycles. The summed E-state index contributed by atoms with van der Waals surface area (Å²) < 4.78 is 0. The first-order chi connectivity index (χ1) is 5.34. The lowest BCUT2D eigenvalue weighted by atomic mass is 9.52. The summed E-state index contributed by atoms with van der Waals surface area (Å²) in [6, 6.07) is 0. The van der Waals surface area contributed by atoms with Crippen LogP contribution in [0, 0.1) is 23.7 Å². The van der Waals surface area contributed by atoms with Crippen LogP contribution in [-0.4, -0.2) is 11.2 Å². The highest BCUT2D eigenvalue weighted by molar-refractivity contribution is 4.99. The van der Waals surface area contributed by atoms with Gasteiger partial charge in [0, 0.05) is 0 Å². The molecule has 0 radical (unpaired) electrons. The van der Waals surface area contributed by atoms with E-state index in [1.807, 2.05) is 0 Å². The molecule has 5 aliphatic rings. The summed E-state index contributed by atoms with van der Waals surface area (Å²) in [6.45, 7) is 0. The molecular weight excluding hydrogens is 136 g/mol. The van der Waals surface area contributed by atoms with E-state index in [9.17, 15) is 5.11 Å². The molecule has 5 atom stereocenters. The number of aliphatic hydroxyl groups is 1. The molecule has 4 bridgehead atoms. The van der Waals surface area contributed by atoms with Gasteiger partial charge in [0.25, 0.3) is 0 Å². The number of hydrogen-bond donors (Lipinski definition) is 1. The Morgan fingerprint density at radius 2 is 1.64 bits per heavy atom. The highest BCUT2D eigenvalue weighted by Gasteiger charge is 2.49. The van der Waals surface area contributed by atoms with Crippen LogP contribution in [0.25, 0.3) is 0 Å². The maximum absolute atomic E-state index is 9.72. The molecule has 0 aromatic rings. The Labute approximate surface area is 67.8 Å². The normalized spacial score (nSPS) is 60.3. The summed E-state index contributed by atoms with van der Waals surface area (Å²) in [4.78, 5) is 0. The second-order valence-corrected chi connectivity index (χ2v) is 4.80. The second kappa shape index (κ2) is 2.01. The van der Waals surface area contributed by atoms with Crippen LogP contribution in [-0.2, 0) is 0 Å². The Morgan fingerprint density at radius 3 is 2.18 bits per heavy atom. The molecule has 0 heterocycles. The summed E-state index contributed by atoms with van der Waals surface area (Å²) >= 11 is 0. The standard InChI is InChI=1S/C10H16O/c11-10-5-8-3-7-2-1-6(8)4-9(7)10/h6-11H,1-5H2/t6?,7?,8?,9?,10-/m1/s1. The Morgan fingerprint density at radius 1 is 0.818 bits per heavy atom. The molecule has 5 saturated carbocycles. The van der Waals surface area contributed by atoms with E-state index >= 15 is 0 Å². The van der Waals surface area contributed by atoms with E-state index in [0.717, 1.165) is 24.2 Å². The summed E-state index contributed by atoms with van der Waals surface area (Å²) in [5, 5.41) is 9.72. The fourth-order valence-corrected chi connectivity index (χ4v) is 3.85. The quantitative estimate of drug-likeness (QED) is 0.561. The SMILES string of the molecule is O[C@@H]1CC2CC3CCC2CC31. The molecule has 1 heteroatoms. The maximum atomic E-state index is 9.72. The molecule has 0 spiro atoms. The molecule has 11 heavy (non-hydrogen) atoms. The van der Waals surface area contributed by atoms with Gasteiger partial charge in [0.15, 0.2) is 0 Å². The van der Waals surface area contributed by atoms with Gasteiger partial charge in [-0.25, -0.2) is 0 Å².